The lowest BCUT2D eigenvalue weighted by molar-refractivity contribution is -0.123. The number of likely N-dealkylation sites (N-methyl/N-ethyl adjacent to an activating group) is 1. The minimum absolute atomic E-state index is 0.0979. The van der Waals surface area contributed by atoms with E-state index in [0.717, 1.165) is 19.3 Å². The van der Waals surface area contributed by atoms with E-state index < -0.39 is 0 Å². The SMILES string of the molecule is CNC(Cc1ccccc1)C(=O)NC1CCc2ccccc2C1. The fourth-order valence-electron chi connectivity index (χ4n) is 3.30. The summed E-state index contributed by atoms with van der Waals surface area (Å²) in [6.07, 6.45) is 3.71. The molecule has 120 valence electrons. The van der Waals surface area contributed by atoms with Gasteiger partial charge in [0.1, 0.15) is 0 Å². The summed E-state index contributed by atoms with van der Waals surface area (Å²) in [5, 5.41) is 6.38. The Bertz CT molecular complexity index is 654. The molecule has 0 fully saturated rings. The molecule has 2 aromatic carbocycles. The van der Waals surface area contributed by atoms with Gasteiger partial charge >= 0.3 is 0 Å². The molecule has 1 aliphatic rings. The number of nitrogens with one attached hydrogen (secondary N) is 2. The Labute approximate surface area is 138 Å². The zero-order chi connectivity index (χ0) is 16.1. The highest BCUT2D eigenvalue weighted by Gasteiger charge is 2.23. The lowest BCUT2D eigenvalue weighted by atomic mass is 9.88. The van der Waals surface area contributed by atoms with Gasteiger partial charge in [-0.25, -0.2) is 0 Å². The first-order chi connectivity index (χ1) is 11.3. The molecule has 0 aromatic heterocycles. The van der Waals surface area contributed by atoms with Crippen molar-refractivity contribution in [3.05, 3.63) is 71.3 Å². The predicted molar refractivity (Wildman–Crippen MR) is 93.4 cm³/mol. The summed E-state index contributed by atoms with van der Waals surface area (Å²) >= 11 is 0. The van der Waals surface area contributed by atoms with Crippen molar-refractivity contribution in [2.24, 2.45) is 0 Å². The number of hydrogen-bond donors (Lipinski definition) is 2. The van der Waals surface area contributed by atoms with E-state index in [-0.39, 0.29) is 18.0 Å². The van der Waals surface area contributed by atoms with E-state index >= 15 is 0 Å². The molecule has 0 aliphatic heterocycles. The molecule has 1 amide bonds. The predicted octanol–water partition coefficient (Wildman–Crippen LogP) is 2.49. The molecule has 0 spiro atoms. The van der Waals surface area contributed by atoms with E-state index in [2.05, 4.69) is 47.0 Å². The lowest BCUT2D eigenvalue weighted by Crippen LogP contribution is -2.49. The van der Waals surface area contributed by atoms with Crippen molar-refractivity contribution in [3.8, 4) is 0 Å². The standard InChI is InChI=1S/C20H24N2O/c1-21-19(13-15-7-3-2-4-8-15)20(23)22-18-12-11-16-9-5-6-10-17(16)14-18/h2-10,18-19,21H,11-14H2,1H3,(H,22,23). The Kier molecular flexibility index (Phi) is 5.09. The van der Waals surface area contributed by atoms with Crippen LogP contribution in [0.25, 0.3) is 0 Å². The van der Waals surface area contributed by atoms with E-state index in [4.69, 9.17) is 0 Å². The topological polar surface area (TPSA) is 41.1 Å². The molecule has 3 nitrogen and oxygen atoms in total. The van der Waals surface area contributed by atoms with Crippen LogP contribution in [0.5, 0.6) is 0 Å². The van der Waals surface area contributed by atoms with Crippen LogP contribution >= 0.6 is 0 Å². The summed E-state index contributed by atoms with van der Waals surface area (Å²) in [5.74, 6) is 0.0979. The summed E-state index contributed by atoms with van der Waals surface area (Å²) in [6, 6.07) is 18.7. The number of hydrogen-bond acceptors (Lipinski definition) is 2. The third kappa shape index (κ3) is 3.99. The van der Waals surface area contributed by atoms with Crippen molar-refractivity contribution < 1.29 is 4.79 Å². The smallest absolute Gasteiger partial charge is 0.237 e. The number of fused-ring (bicyclic) bond motifs is 1. The van der Waals surface area contributed by atoms with Gasteiger partial charge in [0.15, 0.2) is 0 Å². The van der Waals surface area contributed by atoms with Gasteiger partial charge in [-0.1, -0.05) is 54.6 Å². The lowest BCUT2D eigenvalue weighted by Gasteiger charge is -2.27. The van der Waals surface area contributed by atoms with Crippen LogP contribution in [0.1, 0.15) is 23.1 Å². The highest BCUT2D eigenvalue weighted by Crippen LogP contribution is 2.21. The van der Waals surface area contributed by atoms with Crippen LogP contribution in [-0.4, -0.2) is 25.0 Å². The summed E-state index contributed by atoms with van der Waals surface area (Å²) < 4.78 is 0. The molecular formula is C20H24N2O. The largest absolute Gasteiger partial charge is 0.352 e. The maximum Gasteiger partial charge on any atom is 0.237 e. The zero-order valence-corrected chi connectivity index (χ0v) is 13.6. The second kappa shape index (κ2) is 7.42. The third-order valence-electron chi connectivity index (χ3n) is 4.64. The molecule has 3 rings (SSSR count). The average molecular weight is 308 g/mol. The van der Waals surface area contributed by atoms with Gasteiger partial charge in [0.2, 0.25) is 5.91 Å². The molecule has 23 heavy (non-hydrogen) atoms. The average Bonchev–Trinajstić information content (AvgIpc) is 2.60. The normalized spacial score (nSPS) is 18.0. The van der Waals surface area contributed by atoms with Gasteiger partial charge in [-0.05, 0) is 49.4 Å². The second-order valence-corrected chi connectivity index (χ2v) is 6.25. The van der Waals surface area contributed by atoms with Crippen molar-refractivity contribution in [2.75, 3.05) is 7.05 Å². The Morgan fingerprint density at radius 2 is 1.78 bits per heavy atom. The van der Waals surface area contributed by atoms with Crippen molar-refractivity contribution in [1.82, 2.24) is 10.6 Å². The Balaban J connectivity index is 1.60. The molecule has 2 unspecified atom stereocenters. The summed E-state index contributed by atoms with van der Waals surface area (Å²) in [7, 11) is 1.85. The molecule has 0 saturated heterocycles. The van der Waals surface area contributed by atoms with Gasteiger partial charge in [0.05, 0.1) is 6.04 Å². The van der Waals surface area contributed by atoms with Gasteiger partial charge in [-0.3, -0.25) is 4.79 Å². The maximum absolute atomic E-state index is 12.6. The Morgan fingerprint density at radius 1 is 1.09 bits per heavy atom. The van der Waals surface area contributed by atoms with Crippen LogP contribution in [-0.2, 0) is 24.1 Å². The number of carbonyl (C=O) groups is 1. The molecule has 0 saturated carbocycles. The highest BCUT2D eigenvalue weighted by molar-refractivity contribution is 5.82. The van der Waals surface area contributed by atoms with Crippen LogP contribution in [0.3, 0.4) is 0 Å². The molecule has 2 N–H and O–H groups in total. The van der Waals surface area contributed by atoms with E-state index in [1.165, 1.54) is 16.7 Å². The molecule has 2 atom stereocenters. The highest BCUT2D eigenvalue weighted by atomic mass is 16.2. The number of aryl methyl sites for hydroxylation is 1. The quantitative estimate of drug-likeness (QED) is 0.891. The van der Waals surface area contributed by atoms with Crippen LogP contribution in [0.4, 0.5) is 0 Å². The Morgan fingerprint density at radius 3 is 2.52 bits per heavy atom. The minimum atomic E-state index is -0.186. The fraction of sp³-hybridized carbons (Fsp3) is 0.350. The van der Waals surface area contributed by atoms with Crippen molar-refractivity contribution in [1.29, 1.82) is 0 Å². The van der Waals surface area contributed by atoms with Crippen LogP contribution in [0.2, 0.25) is 0 Å². The summed E-state index contributed by atoms with van der Waals surface area (Å²) in [6.45, 7) is 0. The molecule has 0 heterocycles. The van der Waals surface area contributed by atoms with Crippen LogP contribution < -0.4 is 10.6 Å². The maximum atomic E-state index is 12.6. The second-order valence-electron chi connectivity index (χ2n) is 6.25. The van der Waals surface area contributed by atoms with E-state index in [1.807, 2.05) is 25.2 Å². The van der Waals surface area contributed by atoms with E-state index in [9.17, 15) is 4.79 Å². The number of benzene rings is 2. The van der Waals surface area contributed by atoms with Crippen molar-refractivity contribution >= 4 is 5.91 Å². The van der Waals surface area contributed by atoms with Crippen molar-refractivity contribution in [2.45, 2.75) is 37.8 Å². The van der Waals surface area contributed by atoms with Gasteiger partial charge in [-0.15, -0.1) is 0 Å². The van der Waals surface area contributed by atoms with Gasteiger partial charge in [0, 0.05) is 6.04 Å². The van der Waals surface area contributed by atoms with Gasteiger partial charge in [0.25, 0.3) is 0 Å². The monoisotopic (exact) mass is 308 g/mol. The molecular weight excluding hydrogens is 284 g/mol. The summed E-state index contributed by atoms with van der Waals surface area (Å²) in [5.41, 5.74) is 3.97. The molecule has 2 aromatic rings. The van der Waals surface area contributed by atoms with Crippen LogP contribution in [0, 0.1) is 0 Å². The molecule has 0 bridgehead atoms. The van der Waals surface area contributed by atoms with E-state index in [1.54, 1.807) is 0 Å². The van der Waals surface area contributed by atoms with Gasteiger partial charge in [-0.2, -0.15) is 0 Å². The number of rotatable bonds is 5. The van der Waals surface area contributed by atoms with Crippen LogP contribution in [0.15, 0.2) is 54.6 Å². The van der Waals surface area contributed by atoms with E-state index in [0.29, 0.717) is 6.42 Å². The first-order valence-corrected chi connectivity index (χ1v) is 8.34. The molecule has 3 heteroatoms. The first kappa shape index (κ1) is 15.8. The summed E-state index contributed by atoms with van der Waals surface area (Å²) in [4.78, 5) is 12.6. The zero-order valence-electron chi connectivity index (χ0n) is 13.6. The third-order valence-corrected chi connectivity index (χ3v) is 4.64. The van der Waals surface area contributed by atoms with Crippen molar-refractivity contribution in [3.63, 3.8) is 0 Å². The molecule has 0 radical (unpaired) electrons. The number of carbonyl (C=O) groups excluding carboxylic acids is 1. The fourth-order valence-corrected chi connectivity index (χ4v) is 3.30. The number of amides is 1. The minimum Gasteiger partial charge on any atom is -0.352 e. The first-order valence-electron chi connectivity index (χ1n) is 8.34. The van der Waals surface area contributed by atoms with Gasteiger partial charge < -0.3 is 10.6 Å². The Hall–Kier alpha value is -2.13. The molecule has 1 aliphatic carbocycles.